The summed E-state index contributed by atoms with van der Waals surface area (Å²) in [5.74, 6) is 2.81. The van der Waals surface area contributed by atoms with Crippen molar-refractivity contribution in [3.8, 4) is 0 Å². The molecule has 31 heavy (non-hydrogen) atoms. The average molecular weight is 426 g/mol. The summed E-state index contributed by atoms with van der Waals surface area (Å²) in [6.07, 6.45) is 8.92. The molecule has 7 heteroatoms. The number of aryl methyl sites for hydroxylation is 1. The summed E-state index contributed by atoms with van der Waals surface area (Å²) in [5, 5.41) is 3.00. The number of anilines is 1. The van der Waals surface area contributed by atoms with Crippen molar-refractivity contribution in [1.29, 1.82) is 0 Å². The monoisotopic (exact) mass is 425 g/mol. The highest BCUT2D eigenvalue weighted by Crippen LogP contribution is 2.30. The Morgan fingerprint density at radius 3 is 2.74 bits per heavy atom. The highest BCUT2D eigenvalue weighted by atomic mass is 16.5. The first-order valence-electron chi connectivity index (χ1n) is 11.1. The van der Waals surface area contributed by atoms with Gasteiger partial charge >= 0.3 is 0 Å². The summed E-state index contributed by atoms with van der Waals surface area (Å²) >= 11 is 0. The van der Waals surface area contributed by atoms with Crippen LogP contribution in [0, 0.1) is 5.92 Å². The molecule has 0 aliphatic heterocycles. The van der Waals surface area contributed by atoms with Gasteiger partial charge in [0.25, 0.3) is 0 Å². The van der Waals surface area contributed by atoms with Gasteiger partial charge in [-0.25, -0.2) is 9.97 Å². The van der Waals surface area contributed by atoms with Gasteiger partial charge in [-0.1, -0.05) is 6.58 Å². The van der Waals surface area contributed by atoms with Crippen molar-refractivity contribution in [2.75, 3.05) is 25.1 Å². The zero-order valence-corrected chi connectivity index (χ0v) is 19.5. The van der Waals surface area contributed by atoms with Gasteiger partial charge in [-0.2, -0.15) is 0 Å². The van der Waals surface area contributed by atoms with E-state index in [4.69, 9.17) is 14.7 Å². The average Bonchev–Trinajstić information content (AvgIpc) is 3.38. The highest BCUT2D eigenvalue weighted by Gasteiger charge is 2.24. The Morgan fingerprint density at radius 2 is 2.06 bits per heavy atom. The summed E-state index contributed by atoms with van der Waals surface area (Å²) in [6, 6.07) is 0. The van der Waals surface area contributed by atoms with E-state index in [0.29, 0.717) is 11.5 Å². The molecule has 1 saturated carbocycles. The van der Waals surface area contributed by atoms with E-state index in [1.165, 1.54) is 12.8 Å². The molecule has 0 saturated heterocycles. The van der Waals surface area contributed by atoms with E-state index in [2.05, 4.69) is 16.9 Å². The molecule has 1 amide bonds. The number of aromatic nitrogens is 2. The van der Waals surface area contributed by atoms with Gasteiger partial charge in [-0.3, -0.25) is 9.79 Å². The molecule has 168 valence electrons. The number of allylic oxidation sites excluding steroid dienone is 2. The van der Waals surface area contributed by atoms with E-state index in [0.717, 1.165) is 54.6 Å². The van der Waals surface area contributed by atoms with Crippen molar-refractivity contribution in [1.82, 2.24) is 15.3 Å². The molecule has 0 bridgehead atoms. The van der Waals surface area contributed by atoms with Crippen molar-refractivity contribution < 1.29 is 9.53 Å². The summed E-state index contributed by atoms with van der Waals surface area (Å²) in [4.78, 5) is 28.1. The zero-order valence-electron chi connectivity index (χ0n) is 19.5. The molecule has 1 heterocycles. The van der Waals surface area contributed by atoms with Gasteiger partial charge in [-0.15, -0.1) is 0 Å². The van der Waals surface area contributed by atoms with Gasteiger partial charge in [0.15, 0.2) is 5.82 Å². The fraction of sp³-hybridized carbons (Fsp3) is 0.583. The third-order valence-electron chi connectivity index (χ3n) is 5.21. The number of aliphatic imine (C=N–C) groups is 1. The largest absolute Gasteiger partial charge is 0.498 e. The van der Waals surface area contributed by atoms with Crippen molar-refractivity contribution in [3.05, 3.63) is 35.5 Å². The number of ether oxygens (including phenoxy) is 1. The van der Waals surface area contributed by atoms with E-state index < -0.39 is 0 Å². The van der Waals surface area contributed by atoms with Gasteiger partial charge in [-0.05, 0) is 71.8 Å². The Bertz CT molecular complexity index is 894. The lowest BCUT2D eigenvalue weighted by Crippen LogP contribution is -2.45. The molecule has 0 aromatic carbocycles. The van der Waals surface area contributed by atoms with Gasteiger partial charge in [0.1, 0.15) is 11.5 Å². The van der Waals surface area contributed by atoms with Crippen molar-refractivity contribution >= 4 is 23.6 Å². The first-order chi connectivity index (χ1) is 14.6. The summed E-state index contributed by atoms with van der Waals surface area (Å²) < 4.78 is 5.70. The molecule has 2 aliphatic carbocycles. The Labute approximate surface area is 185 Å². The van der Waals surface area contributed by atoms with Crippen molar-refractivity contribution in [3.63, 3.8) is 0 Å². The highest BCUT2D eigenvalue weighted by molar-refractivity contribution is 5.82. The van der Waals surface area contributed by atoms with Crippen LogP contribution in [0.2, 0.25) is 0 Å². The minimum Gasteiger partial charge on any atom is -0.498 e. The second-order valence-electron chi connectivity index (χ2n) is 9.56. The Morgan fingerprint density at radius 1 is 1.32 bits per heavy atom. The number of likely N-dealkylation sites (N-methyl/N-ethyl adjacent to an activating group) is 1. The van der Waals surface area contributed by atoms with Crippen LogP contribution < -0.4 is 10.2 Å². The molecular formula is C24H35N5O2. The maximum Gasteiger partial charge on any atom is 0.239 e. The number of hydrogen-bond acceptors (Lipinski definition) is 6. The van der Waals surface area contributed by atoms with Crippen LogP contribution in [-0.4, -0.2) is 47.8 Å². The molecule has 3 rings (SSSR count). The fourth-order valence-electron chi connectivity index (χ4n) is 3.48. The number of nitrogens with zero attached hydrogens (tertiary/aromatic N) is 4. The van der Waals surface area contributed by atoms with Gasteiger partial charge < -0.3 is 15.0 Å². The minimum absolute atomic E-state index is 0.0365. The van der Waals surface area contributed by atoms with E-state index in [1.54, 1.807) is 6.21 Å². The number of carbonyl (C=O) groups is 1. The van der Waals surface area contributed by atoms with Crippen molar-refractivity contribution in [2.24, 2.45) is 10.9 Å². The molecule has 0 unspecified atom stereocenters. The zero-order chi connectivity index (χ0) is 22.6. The SMILES string of the molecule is C=C(/N=C\C=C(/C)OCC1CC1)c1nc2c(c(N(C)CC(=O)NC(C)(C)C)n1)CCC2. The van der Waals surface area contributed by atoms with Crippen LogP contribution >= 0.6 is 0 Å². The maximum atomic E-state index is 12.4. The molecule has 0 spiro atoms. The lowest BCUT2D eigenvalue weighted by Gasteiger charge is -2.25. The van der Waals surface area contributed by atoms with Gasteiger partial charge in [0.05, 0.1) is 18.9 Å². The Balaban J connectivity index is 1.71. The topological polar surface area (TPSA) is 79.7 Å². The quantitative estimate of drug-likeness (QED) is 0.482. The molecule has 1 fully saturated rings. The van der Waals surface area contributed by atoms with Crippen LogP contribution in [0.4, 0.5) is 5.82 Å². The van der Waals surface area contributed by atoms with Crippen LogP contribution in [0.1, 0.15) is 64.0 Å². The summed E-state index contributed by atoms with van der Waals surface area (Å²) in [5.41, 5.74) is 2.37. The first-order valence-corrected chi connectivity index (χ1v) is 11.1. The number of amides is 1. The maximum absolute atomic E-state index is 12.4. The third kappa shape index (κ3) is 6.91. The first kappa shape index (κ1) is 23.0. The number of fused-ring (bicyclic) bond motifs is 1. The summed E-state index contributed by atoms with van der Waals surface area (Å²) in [7, 11) is 1.89. The van der Waals surface area contributed by atoms with Crippen LogP contribution in [-0.2, 0) is 22.4 Å². The van der Waals surface area contributed by atoms with E-state index in [9.17, 15) is 4.79 Å². The lowest BCUT2D eigenvalue weighted by atomic mass is 10.1. The third-order valence-corrected chi connectivity index (χ3v) is 5.21. The standard InChI is InChI=1S/C24H35N5O2/c1-16(31-15-18-10-11-18)12-13-25-17(2)22-26-20-9-7-8-19(20)23(27-22)29(6)14-21(30)28-24(3,4)5/h12-13,18H,2,7-11,14-15H2,1,3-6H3,(H,28,30)/b16-12+,25-13-. The number of rotatable bonds is 9. The lowest BCUT2D eigenvalue weighted by molar-refractivity contribution is -0.121. The number of carbonyl (C=O) groups excluding carboxylic acids is 1. The second-order valence-corrected chi connectivity index (χ2v) is 9.56. The van der Waals surface area contributed by atoms with Crippen LogP contribution in [0.3, 0.4) is 0 Å². The molecule has 1 N–H and O–H groups in total. The normalized spacial score (nSPS) is 16.4. The molecule has 2 aliphatic rings. The Kier molecular flexibility index (Phi) is 7.13. The Hall–Kier alpha value is -2.70. The minimum atomic E-state index is -0.270. The molecule has 1 aromatic rings. The predicted octanol–water partition coefficient (Wildman–Crippen LogP) is 3.69. The van der Waals surface area contributed by atoms with Gasteiger partial charge in [0.2, 0.25) is 5.91 Å². The molecule has 1 aromatic heterocycles. The van der Waals surface area contributed by atoms with E-state index >= 15 is 0 Å². The molecule has 0 atom stereocenters. The van der Waals surface area contributed by atoms with Gasteiger partial charge in [0, 0.05) is 30.1 Å². The van der Waals surface area contributed by atoms with E-state index in [1.807, 2.05) is 45.7 Å². The smallest absolute Gasteiger partial charge is 0.239 e. The summed E-state index contributed by atoms with van der Waals surface area (Å²) in [6.45, 7) is 12.9. The molecule has 7 nitrogen and oxygen atoms in total. The van der Waals surface area contributed by atoms with Crippen LogP contribution in [0.25, 0.3) is 5.70 Å². The van der Waals surface area contributed by atoms with Crippen LogP contribution in [0.5, 0.6) is 0 Å². The second kappa shape index (κ2) is 9.62. The predicted molar refractivity (Wildman–Crippen MR) is 125 cm³/mol. The number of nitrogens with one attached hydrogen (secondary N) is 1. The van der Waals surface area contributed by atoms with E-state index in [-0.39, 0.29) is 18.0 Å². The number of hydrogen-bond donors (Lipinski definition) is 1. The molecule has 0 radical (unpaired) electrons. The fourth-order valence-corrected chi connectivity index (χ4v) is 3.48. The molecular weight excluding hydrogens is 390 g/mol. The van der Waals surface area contributed by atoms with Crippen molar-refractivity contribution in [2.45, 2.75) is 65.3 Å². The van der Waals surface area contributed by atoms with Crippen LogP contribution in [0.15, 0.2) is 23.4 Å².